The van der Waals surface area contributed by atoms with Gasteiger partial charge in [-0.1, -0.05) is 20.3 Å². The Morgan fingerprint density at radius 3 is 2.67 bits per heavy atom. The number of carbonyl (C=O) groups is 1. The maximum atomic E-state index is 11.6. The number of esters is 1. The molecule has 1 aliphatic rings. The molecule has 116 valence electrons. The molecule has 0 amide bonds. The van der Waals surface area contributed by atoms with E-state index in [0.29, 0.717) is 24.1 Å². The predicted molar refractivity (Wildman–Crippen MR) is 85.2 cm³/mol. The zero-order valence-corrected chi connectivity index (χ0v) is 13.3. The summed E-state index contributed by atoms with van der Waals surface area (Å²) in [5, 5.41) is 2.34. The number of piperidine rings is 1. The zero-order valence-electron chi connectivity index (χ0n) is 13.3. The van der Waals surface area contributed by atoms with Gasteiger partial charge >= 0.3 is 5.97 Å². The van der Waals surface area contributed by atoms with Crippen LogP contribution in [0.1, 0.15) is 50.4 Å². The van der Waals surface area contributed by atoms with E-state index in [4.69, 9.17) is 4.74 Å². The summed E-state index contributed by atoms with van der Waals surface area (Å²) in [5.74, 6) is 0.374. The average Bonchev–Trinajstić information content (AvgIpc) is 2.48. The van der Waals surface area contributed by atoms with Crippen LogP contribution < -0.4 is 5.43 Å². The van der Waals surface area contributed by atoms with E-state index in [1.54, 1.807) is 0 Å². The van der Waals surface area contributed by atoms with E-state index in [1.165, 1.54) is 19.3 Å². The first kappa shape index (κ1) is 15.8. The zero-order chi connectivity index (χ0) is 15.2. The largest absolute Gasteiger partial charge is 0.462 e. The van der Waals surface area contributed by atoms with Gasteiger partial charge in [0, 0.05) is 18.3 Å². The highest BCUT2D eigenvalue weighted by Gasteiger charge is 2.24. The minimum Gasteiger partial charge on any atom is -0.462 e. The van der Waals surface area contributed by atoms with Crippen molar-refractivity contribution in [2.24, 2.45) is 5.92 Å². The summed E-state index contributed by atoms with van der Waals surface area (Å²) in [7, 11) is 0. The molecule has 1 atom stereocenters. The van der Waals surface area contributed by atoms with Crippen molar-refractivity contribution < 1.29 is 9.53 Å². The minimum absolute atomic E-state index is 0.262. The number of nitrogens with one attached hydrogen (secondary N) is 1. The van der Waals surface area contributed by atoms with Gasteiger partial charge in [0.25, 0.3) is 0 Å². The Kier molecular flexibility index (Phi) is 5.62. The molecule has 2 rings (SSSR count). The molecule has 1 unspecified atom stereocenters. The first-order valence-electron chi connectivity index (χ1n) is 7.92. The summed E-state index contributed by atoms with van der Waals surface area (Å²) in [6.07, 6.45) is 3.78. The number of hydrogen-bond acceptors (Lipinski definition) is 4. The molecule has 1 heterocycles. The fourth-order valence-electron chi connectivity index (χ4n) is 2.85. The van der Waals surface area contributed by atoms with Crippen molar-refractivity contribution in [1.82, 2.24) is 5.01 Å². The van der Waals surface area contributed by atoms with E-state index in [-0.39, 0.29) is 5.97 Å². The molecular formula is C17H26N2O2. The van der Waals surface area contributed by atoms with Crippen molar-refractivity contribution in [3.8, 4) is 0 Å². The molecule has 1 aliphatic heterocycles. The fourth-order valence-corrected chi connectivity index (χ4v) is 2.85. The van der Waals surface area contributed by atoms with Crippen LogP contribution in [0.3, 0.4) is 0 Å². The lowest BCUT2D eigenvalue weighted by Gasteiger charge is -2.38. The number of nitrogens with zero attached hydrogens (tertiary/aromatic N) is 1. The van der Waals surface area contributed by atoms with Crippen LogP contribution >= 0.6 is 0 Å². The van der Waals surface area contributed by atoms with Crippen molar-refractivity contribution in [1.29, 1.82) is 0 Å². The van der Waals surface area contributed by atoms with Gasteiger partial charge in [0.1, 0.15) is 0 Å². The first-order chi connectivity index (χ1) is 10.1. The van der Waals surface area contributed by atoms with Crippen molar-refractivity contribution in [3.05, 3.63) is 29.8 Å². The summed E-state index contributed by atoms with van der Waals surface area (Å²) < 4.78 is 5.00. The molecule has 1 fully saturated rings. The van der Waals surface area contributed by atoms with Gasteiger partial charge in [0.2, 0.25) is 0 Å². The molecule has 21 heavy (non-hydrogen) atoms. The second-order valence-electron chi connectivity index (χ2n) is 5.91. The van der Waals surface area contributed by atoms with E-state index in [1.807, 2.05) is 31.2 Å². The average molecular weight is 290 g/mol. The molecule has 1 aromatic rings. The number of rotatable bonds is 5. The summed E-state index contributed by atoms with van der Waals surface area (Å²) in [4.78, 5) is 11.6. The van der Waals surface area contributed by atoms with Crippen molar-refractivity contribution in [2.75, 3.05) is 18.6 Å². The Balaban J connectivity index is 2.00. The molecule has 4 heteroatoms. The minimum atomic E-state index is -0.262. The van der Waals surface area contributed by atoms with Crippen LogP contribution in [0.2, 0.25) is 0 Å². The van der Waals surface area contributed by atoms with Crippen LogP contribution in [0.15, 0.2) is 24.3 Å². The highest BCUT2D eigenvalue weighted by Crippen LogP contribution is 2.24. The van der Waals surface area contributed by atoms with Gasteiger partial charge in [-0.05, 0) is 49.9 Å². The third-order valence-corrected chi connectivity index (χ3v) is 3.99. The number of hydrazine groups is 1. The Labute approximate surface area is 127 Å². The first-order valence-corrected chi connectivity index (χ1v) is 7.92. The smallest absolute Gasteiger partial charge is 0.338 e. The third-order valence-electron chi connectivity index (χ3n) is 3.99. The molecule has 0 saturated carbocycles. The SMILES string of the molecule is CCOC(=O)c1ccc(NN2CCCCC2C(C)C)cc1. The Bertz CT molecular complexity index is 456. The van der Waals surface area contributed by atoms with Crippen molar-refractivity contribution in [2.45, 2.75) is 46.1 Å². The highest BCUT2D eigenvalue weighted by molar-refractivity contribution is 5.89. The van der Waals surface area contributed by atoms with Crippen molar-refractivity contribution in [3.63, 3.8) is 0 Å². The predicted octanol–water partition coefficient (Wildman–Crippen LogP) is 3.70. The normalized spacial score (nSPS) is 19.5. The van der Waals surface area contributed by atoms with Crippen LogP contribution in [0, 0.1) is 5.92 Å². The fraction of sp³-hybridized carbons (Fsp3) is 0.588. The number of hydrogen-bond donors (Lipinski definition) is 1. The molecule has 0 bridgehead atoms. The lowest BCUT2D eigenvalue weighted by Crippen LogP contribution is -2.46. The van der Waals surface area contributed by atoms with E-state index in [0.717, 1.165) is 12.2 Å². The number of anilines is 1. The van der Waals surface area contributed by atoms with Gasteiger partial charge in [-0.25, -0.2) is 9.80 Å². The summed E-state index contributed by atoms with van der Waals surface area (Å²) in [6, 6.07) is 8.09. The number of benzene rings is 1. The van der Waals surface area contributed by atoms with Crippen LogP contribution in [-0.4, -0.2) is 30.2 Å². The Morgan fingerprint density at radius 1 is 1.33 bits per heavy atom. The highest BCUT2D eigenvalue weighted by atomic mass is 16.5. The lowest BCUT2D eigenvalue weighted by atomic mass is 9.94. The van der Waals surface area contributed by atoms with E-state index >= 15 is 0 Å². The molecule has 1 aromatic carbocycles. The van der Waals surface area contributed by atoms with Crippen LogP contribution in [-0.2, 0) is 4.74 Å². The summed E-state index contributed by atoms with van der Waals surface area (Å²) >= 11 is 0. The summed E-state index contributed by atoms with van der Waals surface area (Å²) in [5.41, 5.74) is 5.11. The van der Waals surface area contributed by atoms with Gasteiger partial charge in [-0.15, -0.1) is 0 Å². The monoisotopic (exact) mass is 290 g/mol. The maximum Gasteiger partial charge on any atom is 0.338 e. The van der Waals surface area contributed by atoms with Gasteiger partial charge < -0.3 is 10.2 Å². The van der Waals surface area contributed by atoms with Gasteiger partial charge in [-0.2, -0.15) is 0 Å². The quantitative estimate of drug-likeness (QED) is 0.840. The van der Waals surface area contributed by atoms with Gasteiger partial charge in [0.05, 0.1) is 12.2 Å². The molecule has 1 saturated heterocycles. The molecule has 4 nitrogen and oxygen atoms in total. The number of ether oxygens (including phenoxy) is 1. The molecule has 1 N–H and O–H groups in total. The third kappa shape index (κ3) is 4.21. The second kappa shape index (κ2) is 7.46. The second-order valence-corrected chi connectivity index (χ2v) is 5.91. The lowest BCUT2D eigenvalue weighted by molar-refractivity contribution is 0.0526. The maximum absolute atomic E-state index is 11.6. The molecule has 0 spiro atoms. The van der Waals surface area contributed by atoms with Crippen LogP contribution in [0.25, 0.3) is 0 Å². The van der Waals surface area contributed by atoms with Crippen molar-refractivity contribution >= 4 is 11.7 Å². The van der Waals surface area contributed by atoms with Crippen LogP contribution in [0.5, 0.6) is 0 Å². The molecular weight excluding hydrogens is 264 g/mol. The van der Waals surface area contributed by atoms with E-state index in [2.05, 4.69) is 24.3 Å². The van der Waals surface area contributed by atoms with E-state index < -0.39 is 0 Å². The molecule has 0 aliphatic carbocycles. The van der Waals surface area contributed by atoms with E-state index in [9.17, 15) is 4.79 Å². The summed E-state index contributed by atoms with van der Waals surface area (Å²) in [6.45, 7) is 7.84. The Hall–Kier alpha value is -1.55. The Morgan fingerprint density at radius 2 is 2.05 bits per heavy atom. The number of carbonyl (C=O) groups excluding carboxylic acids is 1. The van der Waals surface area contributed by atoms with Gasteiger partial charge in [-0.3, -0.25) is 0 Å². The molecule has 0 aromatic heterocycles. The van der Waals surface area contributed by atoms with Crippen LogP contribution in [0.4, 0.5) is 5.69 Å². The molecule has 0 radical (unpaired) electrons. The topological polar surface area (TPSA) is 41.6 Å². The standard InChI is InChI=1S/C17H26N2O2/c1-4-21-17(20)14-8-10-15(11-9-14)18-19-12-6-5-7-16(19)13(2)3/h8-11,13,16,18H,4-7,12H2,1-3H3. The van der Waals surface area contributed by atoms with Gasteiger partial charge in [0.15, 0.2) is 0 Å².